The second kappa shape index (κ2) is 5.98. The predicted octanol–water partition coefficient (Wildman–Crippen LogP) is 3.73. The minimum Gasteiger partial charge on any atom is -0.394 e. The molecule has 0 aliphatic rings. The van der Waals surface area contributed by atoms with E-state index in [-0.39, 0.29) is 18.5 Å². The molecule has 0 saturated heterocycles. The number of halogens is 2. The average molecular weight is 310 g/mol. The Balaban J connectivity index is 2.17. The van der Waals surface area contributed by atoms with Crippen molar-refractivity contribution in [1.82, 2.24) is 0 Å². The van der Waals surface area contributed by atoms with E-state index >= 15 is 0 Å². The molecule has 0 bridgehead atoms. The van der Waals surface area contributed by atoms with E-state index in [9.17, 15) is 9.50 Å². The van der Waals surface area contributed by atoms with Crippen LogP contribution < -0.4 is 5.32 Å². The maximum atomic E-state index is 12.8. The first kappa shape index (κ1) is 13.1. The van der Waals surface area contributed by atoms with Crippen LogP contribution in [0.4, 0.5) is 10.1 Å². The fraction of sp³-hybridized carbons (Fsp3) is 0.143. The molecule has 0 amide bonds. The number of anilines is 1. The number of aliphatic hydroxyl groups is 1. The van der Waals surface area contributed by atoms with Crippen molar-refractivity contribution in [2.75, 3.05) is 11.9 Å². The third-order valence-corrected chi connectivity index (χ3v) is 3.11. The van der Waals surface area contributed by atoms with E-state index in [0.717, 1.165) is 15.7 Å². The van der Waals surface area contributed by atoms with E-state index in [1.165, 1.54) is 12.1 Å². The monoisotopic (exact) mass is 309 g/mol. The van der Waals surface area contributed by atoms with Crippen molar-refractivity contribution < 1.29 is 9.50 Å². The van der Waals surface area contributed by atoms with Gasteiger partial charge in [0.1, 0.15) is 5.82 Å². The number of aliphatic hydroxyl groups excluding tert-OH is 1. The van der Waals surface area contributed by atoms with Crippen LogP contribution in [0.2, 0.25) is 0 Å². The first-order valence-corrected chi connectivity index (χ1v) is 6.37. The minimum atomic E-state index is -0.274. The first-order valence-electron chi connectivity index (χ1n) is 5.57. The fourth-order valence-electron chi connectivity index (χ4n) is 1.71. The van der Waals surface area contributed by atoms with Crippen LogP contribution in [0, 0.1) is 5.82 Å². The van der Waals surface area contributed by atoms with Crippen LogP contribution in [-0.4, -0.2) is 11.7 Å². The van der Waals surface area contributed by atoms with E-state index in [4.69, 9.17) is 0 Å². The Morgan fingerprint density at radius 1 is 1.17 bits per heavy atom. The molecule has 94 valence electrons. The summed E-state index contributed by atoms with van der Waals surface area (Å²) in [5.41, 5.74) is 1.74. The Hall–Kier alpha value is -1.39. The molecule has 1 atom stereocenters. The molecule has 2 N–H and O–H groups in total. The van der Waals surface area contributed by atoms with Crippen LogP contribution in [0.5, 0.6) is 0 Å². The molecule has 18 heavy (non-hydrogen) atoms. The van der Waals surface area contributed by atoms with Crippen LogP contribution in [-0.2, 0) is 0 Å². The number of hydrogen-bond acceptors (Lipinski definition) is 2. The summed E-state index contributed by atoms with van der Waals surface area (Å²) >= 11 is 3.40. The van der Waals surface area contributed by atoms with Crippen LogP contribution in [0.3, 0.4) is 0 Å². The quantitative estimate of drug-likeness (QED) is 0.902. The van der Waals surface area contributed by atoms with Crippen LogP contribution >= 0.6 is 15.9 Å². The van der Waals surface area contributed by atoms with Gasteiger partial charge in [0.2, 0.25) is 0 Å². The van der Waals surface area contributed by atoms with Gasteiger partial charge in [-0.2, -0.15) is 0 Å². The molecule has 4 heteroatoms. The molecule has 2 aromatic rings. The molecule has 0 aliphatic carbocycles. The van der Waals surface area contributed by atoms with Gasteiger partial charge in [-0.05, 0) is 42.0 Å². The Labute approximate surface area is 114 Å². The second-order valence-corrected chi connectivity index (χ2v) is 4.86. The van der Waals surface area contributed by atoms with Crippen molar-refractivity contribution in [2.45, 2.75) is 6.04 Å². The largest absolute Gasteiger partial charge is 0.394 e. The van der Waals surface area contributed by atoms with Gasteiger partial charge in [-0.1, -0.05) is 28.1 Å². The highest BCUT2D eigenvalue weighted by Gasteiger charge is 2.10. The highest BCUT2D eigenvalue weighted by Crippen LogP contribution is 2.22. The zero-order valence-corrected chi connectivity index (χ0v) is 11.2. The van der Waals surface area contributed by atoms with Gasteiger partial charge < -0.3 is 10.4 Å². The minimum absolute atomic E-state index is 0.0339. The van der Waals surface area contributed by atoms with Gasteiger partial charge in [0.05, 0.1) is 12.6 Å². The Morgan fingerprint density at radius 2 is 1.89 bits per heavy atom. The van der Waals surface area contributed by atoms with E-state index < -0.39 is 0 Å². The summed E-state index contributed by atoms with van der Waals surface area (Å²) in [6, 6.07) is 13.6. The lowest BCUT2D eigenvalue weighted by atomic mass is 10.1. The zero-order chi connectivity index (χ0) is 13.0. The standard InChI is InChI=1S/C14H13BrFNO/c15-11-3-1-2-10(8-11)14(9-18)17-13-6-4-12(16)5-7-13/h1-8,14,17-18H,9H2. The maximum absolute atomic E-state index is 12.8. The van der Waals surface area contributed by atoms with E-state index in [0.29, 0.717) is 0 Å². The summed E-state index contributed by atoms with van der Waals surface area (Å²) in [5, 5.41) is 12.6. The lowest BCUT2D eigenvalue weighted by Crippen LogP contribution is -2.14. The molecular formula is C14H13BrFNO. The van der Waals surface area contributed by atoms with Crippen LogP contribution in [0.25, 0.3) is 0 Å². The molecule has 0 fully saturated rings. The summed E-state index contributed by atoms with van der Waals surface area (Å²) in [7, 11) is 0. The molecule has 0 heterocycles. The van der Waals surface area contributed by atoms with Crippen molar-refractivity contribution in [3.63, 3.8) is 0 Å². The lowest BCUT2D eigenvalue weighted by Gasteiger charge is -2.18. The van der Waals surface area contributed by atoms with Crippen molar-refractivity contribution >= 4 is 21.6 Å². The molecule has 0 radical (unpaired) electrons. The van der Waals surface area contributed by atoms with E-state index in [1.807, 2.05) is 24.3 Å². The molecule has 1 unspecified atom stereocenters. The molecule has 0 spiro atoms. The summed E-state index contributed by atoms with van der Waals surface area (Å²) in [6.07, 6.45) is 0. The number of hydrogen-bond donors (Lipinski definition) is 2. The molecule has 2 nitrogen and oxygen atoms in total. The molecule has 0 aromatic heterocycles. The van der Waals surface area contributed by atoms with Crippen LogP contribution in [0.15, 0.2) is 53.0 Å². The molecular weight excluding hydrogens is 297 g/mol. The van der Waals surface area contributed by atoms with Crippen molar-refractivity contribution in [1.29, 1.82) is 0 Å². The van der Waals surface area contributed by atoms with Gasteiger partial charge in [0, 0.05) is 10.2 Å². The van der Waals surface area contributed by atoms with E-state index in [2.05, 4.69) is 21.2 Å². The Bertz CT molecular complexity index is 515. The summed E-state index contributed by atoms with van der Waals surface area (Å²) < 4.78 is 13.8. The predicted molar refractivity (Wildman–Crippen MR) is 74.0 cm³/mol. The third kappa shape index (κ3) is 3.31. The summed E-state index contributed by atoms with van der Waals surface area (Å²) in [6.45, 7) is -0.0339. The molecule has 2 aromatic carbocycles. The summed E-state index contributed by atoms with van der Waals surface area (Å²) in [4.78, 5) is 0. The highest BCUT2D eigenvalue weighted by molar-refractivity contribution is 9.10. The number of rotatable bonds is 4. The summed E-state index contributed by atoms with van der Waals surface area (Å²) in [5.74, 6) is -0.274. The SMILES string of the molecule is OCC(Nc1ccc(F)cc1)c1cccc(Br)c1. The van der Waals surface area contributed by atoms with Crippen LogP contribution in [0.1, 0.15) is 11.6 Å². The normalized spacial score (nSPS) is 12.2. The Morgan fingerprint density at radius 3 is 2.50 bits per heavy atom. The third-order valence-electron chi connectivity index (χ3n) is 2.62. The van der Waals surface area contributed by atoms with Gasteiger partial charge in [-0.15, -0.1) is 0 Å². The zero-order valence-electron chi connectivity index (χ0n) is 9.61. The van der Waals surface area contributed by atoms with Crippen molar-refractivity contribution in [3.05, 3.63) is 64.4 Å². The van der Waals surface area contributed by atoms with Gasteiger partial charge in [-0.3, -0.25) is 0 Å². The molecule has 2 rings (SSSR count). The van der Waals surface area contributed by atoms with Gasteiger partial charge in [0.25, 0.3) is 0 Å². The fourth-order valence-corrected chi connectivity index (χ4v) is 2.12. The Kier molecular flexibility index (Phi) is 4.33. The number of nitrogens with one attached hydrogen (secondary N) is 1. The van der Waals surface area contributed by atoms with Gasteiger partial charge in [0.15, 0.2) is 0 Å². The number of benzene rings is 2. The maximum Gasteiger partial charge on any atom is 0.123 e. The van der Waals surface area contributed by atoms with E-state index in [1.54, 1.807) is 12.1 Å². The van der Waals surface area contributed by atoms with Gasteiger partial charge >= 0.3 is 0 Å². The highest BCUT2D eigenvalue weighted by atomic mass is 79.9. The molecule has 0 saturated carbocycles. The topological polar surface area (TPSA) is 32.3 Å². The van der Waals surface area contributed by atoms with Crippen molar-refractivity contribution in [2.24, 2.45) is 0 Å². The van der Waals surface area contributed by atoms with Gasteiger partial charge in [-0.25, -0.2) is 4.39 Å². The lowest BCUT2D eigenvalue weighted by molar-refractivity contribution is 0.276. The smallest absolute Gasteiger partial charge is 0.123 e. The van der Waals surface area contributed by atoms with Crippen molar-refractivity contribution in [3.8, 4) is 0 Å². The average Bonchev–Trinajstić information content (AvgIpc) is 2.38. The second-order valence-electron chi connectivity index (χ2n) is 3.94. The molecule has 0 aliphatic heterocycles. The first-order chi connectivity index (χ1) is 8.69.